The van der Waals surface area contributed by atoms with E-state index in [1.807, 2.05) is 18.2 Å². The molecule has 2 N–H and O–H groups in total. The molecule has 1 saturated heterocycles. The number of halogens is 1. The lowest BCUT2D eigenvalue weighted by atomic mass is 10.1. The van der Waals surface area contributed by atoms with Gasteiger partial charge in [-0.15, -0.1) is 0 Å². The van der Waals surface area contributed by atoms with E-state index < -0.39 is 0 Å². The number of nitrogens with zero attached hydrogens (tertiary/aromatic N) is 2. The smallest absolute Gasteiger partial charge is 0.134 e. The SMILES string of the molecule is OCCN1CCN(Cc2cccc(Br)c2O)CC1. The van der Waals surface area contributed by atoms with Crippen LogP contribution in [0.25, 0.3) is 0 Å². The van der Waals surface area contributed by atoms with Crippen LogP contribution in [0.3, 0.4) is 0 Å². The number of benzene rings is 1. The minimum absolute atomic E-state index is 0.229. The molecule has 0 amide bonds. The highest BCUT2D eigenvalue weighted by molar-refractivity contribution is 9.10. The Morgan fingerprint density at radius 1 is 1.11 bits per heavy atom. The fraction of sp³-hybridized carbons (Fsp3) is 0.538. The Kier molecular flexibility index (Phi) is 5.00. The third-order valence-electron chi connectivity index (χ3n) is 3.35. The third-order valence-corrected chi connectivity index (χ3v) is 3.99. The van der Waals surface area contributed by atoms with Gasteiger partial charge in [0, 0.05) is 44.8 Å². The second-order valence-corrected chi connectivity index (χ2v) is 5.44. The van der Waals surface area contributed by atoms with Crippen molar-refractivity contribution in [3.63, 3.8) is 0 Å². The number of hydrogen-bond acceptors (Lipinski definition) is 4. The molecule has 0 aliphatic carbocycles. The maximum atomic E-state index is 9.95. The number of phenols is 1. The molecule has 0 atom stereocenters. The van der Waals surface area contributed by atoms with Gasteiger partial charge in [0.1, 0.15) is 5.75 Å². The van der Waals surface area contributed by atoms with Crippen LogP contribution in [-0.4, -0.2) is 59.3 Å². The molecule has 1 aromatic carbocycles. The summed E-state index contributed by atoms with van der Waals surface area (Å²) in [6.45, 7) is 5.68. The van der Waals surface area contributed by atoms with Crippen LogP contribution in [-0.2, 0) is 6.54 Å². The summed E-state index contributed by atoms with van der Waals surface area (Å²) in [4.78, 5) is 4.59. The van der Waals surface area contributed by atoms with Crippen molar-refractivity contribution < 1.29 is 10.2 Å². The summed E-state index contributed by atoms with van der Waals surface area (Å²) in [7, 11) is 0. The van der Waals surface area contributed by atoms with E-state index in [0.29, 0.717) is 5.75 Å². The Morgan fingerprint density at radius 3 is 2.44 bits per heavy atom. The van der Waals surface area contributed by atoms with E-state index in [1.165, 1.54) is 0 Å². The number of aliphatic hydroxyl groups is 1. The summed E-state index contributed by atoms with van der Waals surface area (Å²) < 4.78 is 0.749. The van der Waals surface area contributed by atoms with Gasteiger partial charge in [0.2, 0.25) is 0 Å². The molecule has 0 aromatic heterocycles. The first-order chi connectivity index (χ1) is 8.70. The van der Waals surface area contributed by atoms with Crippen LogP contribution in [0.4, 0.5) is 0 Å². The molecule has 5 heteroatoms. The van der Waals surface area contributed by atoms with Crippen molar-refractivity contribution in [1.82, 2.24) is 9.80 Å². The molecule has 1 aliphatic rings. The van der Waals surface area contributed by atoms with Gasteiger partial charge in [-0.2, -0.15) is 0 Å². The first-order valence-electron chi connectivity index (χ1n) is 6.22. The quantitative estimate of drug-likeness (QED) is 0.878. The standard InChI is InChI=1S/C13H19BrN2O2/c14-12-3-1-2-11(13(12)18)10-16-6-4-15(5-7-16)8-9-17/h1-3,17-18H,4-10H2. The minimum atomic E-state index is 0.229. The average molecular weight is 315 g/mol. The molecular formula is C13H19BrN2O2. The van der Waals surface area contributed by atoms with Crippen molar-refractivity contribution >= 4 is 15.9 Å². The summed E-state index contributed by atoms with van der Waals surface area (Å²) in [5.74, 6) is 0.343. The van der Waals surface area contributed by atoms with Crippen LogP contribution < -0.4 is 0 Å². The first kappa shape index (κ1) is 13.8. The predicted molar refractivity (Wildman–Crippen MR) is 74.6 cm³/mol. The Balaban J connectivity index is 1.90. The van der Waals surface area contributed by atoms with Gasteiger partial charge in [-0.3, -0.25) is 9.80 Å². The number of rotatable bonds is 4. The normalized spacial score (nSPS) is 18.1. The summed E-state index contributed by atoms with van der Waals surface area (Å²) in [6, 6.07) is 5.75. The number of piperazine rings is 1. The number of β-amino-alcohol motifs (C(OH)–C–C–N with tert-alkyl or cyclic N) is 1. The van der Waals surface area contributed by atoms with Crippen molar-refractivity contribution in [3.05, 3.63) is 28.2 Å². The van der Waals surface area contributed by atoms with Crippen LogP contribution >= 0.6 is 15.9 Å². The number of hydrogen-bond donors (Lipinski definition) is 2. The van der Waals surface area contributed by atoms with Gasteiger partial charge in [-0.1, -0.05) is 12.1 Å². The fourth-order valence-corrected chi connectivity index (χ4v) is 2.65. The zero-order chi connectivity index (χ0) is 13.0. The first-order valence-corrected chi connectivity index (χ1v) is 7.02. The largest absolute Gasteiger partial charge is 0.506 e. The fourth-order valence-electron chi connectivity index (χ4n) is 2.24. The van der Waals surface area contributed by atoms with E-state index in [1.54, 1.807) is 0 Å². The van der Waals surface area contributed by atoms with Gasteiger partial charge in [-0.05, 0) is 22.0 Å². The Morgan fingerprint density at radius 2 is 1.78 bits per heavy atom. The number of aromatic hydroxyl groups is 1. The number of aliphatic hydroxyl groups excluding tert-OH is 1. The molecule has 1 aromatic rings. The molecule has 0 bridgehead atoms. The van der Waals surface area contributed by atoms with Gasteiger partial charge >= 0.3 is 0 Å². The highest BCUT2D eigenvalue weighted by Crippen LogP contribution is 2.28. The maximum absolute atomic E-state index is 9.95. The molecule has 4 nitrogen and oxygen atoms in total. The van der Waals surface area contributed by atoms with Gasteiger partial charge in [-0.25, -0.2) is 0 Å². The van der Waals surface area contributed by atoms with Crippen LogP contribution in [0.15, 0.2) is 22.7 Å². The summed E-state index contributed by atoms with van der Waals surface area (Å²) in [5.41, 5.74) is 0.958. The van der Waals surface area contributed by atoms with E-state index >= 15 is 0 Å². The molecule has 1 heterocycles. The highest BCUT2D eigenvalue weighted by atomic mass is 79.9. The zero-order valence-electron chi connectivity index (χ0n) is 10.3. The highest BCUT2D eigenvalue weighted by Gasteiger charge is 2.17. The lowest BCUT2D eigenvalue weighted by Gasteiger charge is -2.34. The van der Waals surface area contributed by atoms with E-state index in [4.69, 9.17) is 5.11 Å². The molecular weight excluding hydrogens is 296 g/mol. The van der Waals surface area contributed by atoms with Crippen molar-refractivity contribution in [2.24, 2.45) is 0 Å². The van der Waals surface area contributed by atoms with Crippen molar-refractivity contribution in [3.8, 4) is 5.75 Å². The van der Waals surface area contributed by atoms with Crippen LogP contribution in [0.2, 0.25) is 0 Å². The minimum Gasteiger partial charge on any atom is -0.506 e. The third kappa shape index (κ3) is 3.45. The van der Waals surface area contributed by atoms with Gasteiger partial charge in [0.25, 0.3) is 0 Å². The molecule has 0 spiro atoms. The van der Waals surface area contributed by atoms with E-state index in [9.17, 15) is 5.11 Å². The molecule has 2 rings (SSSR count). The summed E-state index contributed by atoms with van der Waals surface area (Å²) in [5, 5.41) is 18.8. The molecule has 100 valence electrons. The zero-order valence-corrected chi connectivity index (χ0v) is 11.9. The second-order valence-electron chi connectivity index (χ2n) is 4.59. The van der Waals surface area contributed by atoms with Crippen molar-refractivity contribution in [2.75, 3.05) is 39.3 Å². The Bertz CT molecular complexity index is 393. The Labute approximate surface area is 116 Å². The molecule has 1 fully saturated rings. The second kappa shape index (κ2) is 6.52. The van der Waals surface area contributed by atoms with E-state index in [-0.39, 0.29) is 6.61 Å². The molecule has 1 aliphatic heterocycles. The molecule has 0 unspecified atom stereocenters. The lowest BCUT2D eigenvalue weighted by molar-refractivity contribution is 0.108. The molecule has 0 saturated carbocycles. The summed E-state index contributed by atoms with van der Waals surface area (Å²) in [6.07, 6.45) is 0. The Hall–Kier alpha value is -0.620. The summed E-state index contributed by atoms with van der Waals surface area (Å²) >= 11 is 3.34. The van der Waals surface area contributed by atoms with Gasteiger partial charge < -0.3 is 10.2 Å². The maximum Gasteiger partial charge on any atom is 0.134 e. The van der Waals surface area contributed by atoms with Crippen LogP contribution in [0.5, 0.6) is 5.75 Å². The monoisotopic (exact) mass is 314 g/mol. The van der Waals surface area contributed by atoms with E-state index in [0.717, 1.165) is 49.3 Å². The van der Waals surface area contributed by atoms with E-state index in [2.05, 4.69) is 25.7 Å². The molecule has 0 radical (unpaired) electrons. The van der Waals surface area contributed by atoms with Gasteiger partial charge in [0.05, 0.1) is 11.1 Å². The van der Waals surface area contributed by atoms with Crippen LogP contribution in [0.1, 0.15) is 5.56 Å². The molecule has 18 heavy (non-hydrogen) atoms. The topological polar surface area (TPSA) is 46.9 Å². The number of phenolic OH excluding ortho intramolecular Hbond substituents is 1. The van der Waals surface area contributed by atoms with Gasteiger partial charge in [0.15, 0.2) is 0 Å². The van der Waals surface area contributed by atoms with Crippen LogP contribution in [0, 0.1) is 0 Å². The number of para-hydroxylation sites is 1. The predicted octanol–water partition coefficient (Wildman–Crippen LogP) is 1.26. The van der Waals surface area contributed by atoms with Crippen molar-refractivity contribution in [2.45, 2.75) is 6.54 Å². The van der Waals surface area contributed by atoms with Crippen molar-refractivity contribution in [1.29, 1.82) is 0 Å². The average Bonchev–Trinajstić information content (AvgIpc) is 2.38. The lowest BCUT2D eigenvalue weighted by Crippen LogP contribution is -2.46.